The Morgan fingerprint density at radius 3 is 2.58 bits per heavy atom. The molecule has 4 rings (SSSR count). The second kappa shape index (κ2) is 10.7. The molecule has 1 N–H and O–H groups in total. The van der Waals surface area contributed by atoms with Gasteiger partial charge in [0.2, 0.25) is 21.8 Å². The number of aliphatic imine (C=N–C) groups is 1. The molecule has 0 bridgehead atoms. The van der Waals surface area contributed by atoms with Crippen molar-refractivity contribution >= 4 is 60.9 Å². The standard InChI is InChI=1S/C26H26N4O4S2/c1-4-14-30-25(32)23(17-24(31)27-21-13-12-18-8-5-6-9-19(18)15-21)35-26(30)28-20-10-7-11-22(16-20)36(33,34)29(2)3/h4-13,15-16,23H,1,14,17H2,2-3H3,(H,27,31)/t23-/m1/s1. The predicted octanol–water partition coefficient (Wildman–Crippen LogP) is 4.24. The van der Waals surface area contributed by atoms with Crippen LogP contribution in [0.25, 0.3) is 10.8 Å². The van der Waals surface area contributed by atoms with Crippen LogP contribution in [0.15, 0.2) is 89.3 Å². The van der Waals surface area contributed by atoms with E-state index in [1.54, 1.807) is 18.2 Å². The lowest BCUT2D eigenvalue weighted by atomic mass is 10.1. The summed E-state index contributed by atoms with van der Waals surface area (Å²) < 4.78 is 26.1. The van der Waals surface area contributed by atoms with Crippen molar-refractivity contribution in [3.63, 3.8) is 0 Å². The zero-order valence-corrected chi connectivity index (χ0v) is 21.6. The van der Waals surface area contributed by atoms with Crippen LogP contribution in [0.4, 0.5) is 11.4 Å². The van der Waals surface area contributed by atoms with Crippen molar-refractivity contribution in [1.82, 2.24) is 9.21 Å². The average molecular weight is 523 g/mol. The Morgan fingerprint density at radius 1 is 1.11 bits per heavy atom. The highest BCUT2D eigenvalue weighted by atomic mass is 32.2. The molecule has 1 fully saturated rings. The fourth-order valence-corrected chi connectivity index (χ4v) is 5.81. The number of thioether (sulfide) groups is 1. The van der Waals surface area contributed by atoms with Crippen LogP contribution >= 0.6 is 11.8 Å². The lowest BCUT2D eigenvalue weighted by molar-refractivity contribution is -0.127. The molecule has 1 saturated heterocycles. The summed E-state index contributed by atoms with van der Waals surface area (Å²) >= 11 is 1.18. The van der Waals surface area contributed by atoms with Gasteiger partial charge in [-0.05, 0) is 41.1 Å². The van der Waals surface area contributed by atoms with Gasteiger partial charge in [0.1, 0.15) is 5.25 Å². The molecule has 1 atom stereocenters. The Hall–Kier alpha value is -3.47. The number of carbonyl (C=O) groups excluding carboxylic acids is 2. The number of fused-ring (bicyclic) bond motifs is 1. The molecule has 8 nitrogen and oxygen atoms in total. The molecule has 0 spiro atoms. The number of nitrogens with one attached hydrogen (secondary N) is 1. The third-order valence-corrected chi connectivity index (χ3v) is 8.54. The van der Waals surface area contributed by atoms with Crippen molar-refractivity contribution in [2.75, 3.05) is 26.0 Å². The molecule has 0 aliphatic carbocycles. The van der Waals surface area contributed by atoms with Gasteiger partial charge in [0.25, 0.3) is 0 Å². The number of amides is 2. The largest absolute Gasteiger partial charge is 0.326 e. The van der Waals surface area contributed by atoms with Gasteiger partial charge in [0.05, 0.1) is 10.6 Å². The zero-order valence-electron chi connectivity index (χ0n) is 19.9. The highest BCUT2D eigenvalue weighted by Gasteiger charge is 2.38. The van der Waals surface area contributed by atoms with Gasteiger partial charge in [-0.1, -0.05) is 54.2 Å². The van der Waals surface area contributed by atoms with Crippen LogP contribution in [0, 0.1) is 0 Å². The molecule has 0 aromatic heterocycles. The van der Waals surface area contributed by atoms with Crippen LogP contribution in [0.3, 0.4) is 0 Å². The first-order valence-electron chi connectivity index (χ1n) is 11.2. The van der Waals surface area contributed by atoms with E-state index in [1.807, 2.05) is 42.5 Å². The van der Waals surface area contributed by atoms with Gasteiger partial charge in [0.15, 0.2) is 5.17 Å². The summed E-state index contributed by atoms with van der Waals surface area (Å²) in [5, 5.41) is 4.69. The van der Waals surface area contributed by atoms with E-state index >= 15 is 0 Å². The van der Waals surface area contributed by atoms with Crippen LogP contribution in [-0.2, 0) is 19.6 Å². The third kappa shape index (κ3) is 5.51. The number of hydrogen-bond acceptors (Lipinski definition) is 6. The van der Waals surface area contributed by atoms with Crippen molar-refractivity contribution in [3.8, 4) is 0 Å². The Kier molecular flexibility index (Phi) is 7.58. The van der Waals surface area contributed by atoms with E-state index in [-0.39, 0.29) is 29.7 Å². The maximum Gasteiger partial charge on any atom is 0.242 e. The highest BCUT2D eigenvalue weighted by molar-refractivity contribution is 8.15. The molecule has 2 amide bonds. The third-order valence-electron chi connectivity index (χ3n) is 5.56. The molecule has 1 aliphatic rings. The van der Waals surface area contributed by atoms with Crippen LogP contribution < -0.4 is 5.32 Å². The summed E-state index contributed by atoms with van der Waals surface area (Å²) in [5.74, 6) is -0.528. The fraction of sp³-hybridized carbons (Fsp3) is 0.192. The summed E-state index contributed by atoms with van der Waals surface area (Å²) in [6.07, 6.45) is 1.55. The van der Waals surface area contributed by atoms with Gasteiger partial charge >= 0.3 is 0 Å². The van der Waals surface area contributed by atoms with Gasteiger partial charge in [-0.15, -0.1) is 6.58 Å². The van der Waals surface area contributed by atoms with E-state index in [0.717, 1.165) is 15.1 Å². The number of carbonyl (C=O) groups is 2. The summed E-state index contributed by atoms with van der Waals surface area (Å²) in [5.41, 5.74) is 1.05. The zero-order chi connectivity index (χ0) is 25.9. The lowest BCUT2D eigenvalue weighted by Gasteiger charge is -2.14. The smallest absolute Gasteiger partial charge is 0.242 e. The van der Waals surface area contributed by atoms with E-state index in [4.69, 9.17) is 0 Å². The molecule has 1 heterocycles. The second-order valence-electron chi connectivity index (χ2n) is 8.34. The molecule has 0 saturated carbocycles. The lowest BCUT2D eigenvalue weighted by Crippen LogP contribution is -2.33. The van der Waals surface area contributed by atoms with Crippen LogP contribution in [0.1, 0.15) is 6.42 Å². The Labute approximate surface area is 214 Å². The van der Waals surface area contributed by atoms with Crippen molar-refractivity contribution in [1.29, 1.82) is 0 Å². The normalized spacial score (nSPS) is 17.2. The van der Waals surface area contributed by atoms with Crippen molar-refractivity contribution in [2.24, 2.45) is 4.99 Å². The quantitative estimate of drug-likeness (QED) is 0.446. The summed E-state index contributed by atoms with van der Waals surface area (Å²) in [4.78, 5) is 31.9. The van der Waals surface area contributed by atoms with Crippen molar-refractivity contribution in [2.45, 2.75) is 16.6 Å². The second-order valence-corrected chi connectivity index (χ2v) is 11.7. The maximum absolute atomic E-state index is 13.1. The molecule has 3 aromatic carbocycles. The van der Waals surface area contributed by atoms with Crippen LogP contribution in [-0.4, -0.2) is 60.5 Å². The minimum absolute atomic E-state index is 0.0297. The molecule has 0 radical (unpaired) electrons. The Balaban J connectivity index is 1.52. The highest BCUT2D eigenvalue weighted by Crippen LogP contribution is 2.32. The van der Waals surface area contributed by atoms with Gasteiger partial charge in [0, 0.05) is 32.7 Å². The Morgan fingerprint density at radius 2 is 1.86 bits per heavy atom. The molecular formula is C26H26N4O4S2. The maximum atomic E-state index is 13.1. The SMILES string of the molecule is C=CCN1C(=O)[C@@H](CC(=O)Nc2ccc3ccccc3c2)SC1=Nc1cccc(S(=O)(=O)N(C)C)c1. The molecule has 10 heteroatoms. The topological polar surface area (TPSA) is 99.1 Å². The molecule has 1 aliphatic heterocycles. The molecule has 36 heavy (non-hydrogen) atoms. The number of anilines is 1. The van der Waals surface area contributed by atoms with Gasteiger partial charge in [-0.25, -0.2) is 17.7 Å². The Bertz CT molecular complexity index is 1470. The van der Waals surface area contributed by atoms with E-state index in [1.165, 1.54) is 42.9 Å². The first kappa shape index (κ1) is 25.6. The minimum Gasteiger partial charge on any atom is -0.326 e. The summed E-state index contributed by atoms with van der Waals surface area (Å²) in [6, 6.07) is 19.7. The van der Waals surface area contributed by atoms with Crippen LogP contribution in [0.2, 0.25) is 0 Å². The van der Waals surface area contributed by atoms with E-state index in [2.05, 4.69) is 16.9 Å². The predicted molar refractivity (Wildman–Crippen MR) is 145 cm³/mol. The van der Waals surface area contributed by atoms with Gasteiger partial charge in [-0.3, -0.25) is 14.5 Å². The first-order chi connectivity index (χ1) is 17.2. The van der Waals surface area contributed by atoms with E-state index in [0.29, 0.717) is 16.5 Å². The summed E-state index contributed by atoms with van der Waals surface area (Å²) in [7, 11) is -0.716. The van der Waals surface area contributed by atoms with Gasteiger partial charge < -0.3 is 5.32 Å². The number of amidine groups is 1. The number of hydrogen-bond donors (Lipinski definition) is 1. The fourth-order valence-electron chi connectivity index (χ4n) is 3.70. The monoisotopic (exact) mass is 522 g/mol. The number of nitrogens with zero attached hydrogens (tertiary/aromatic N) is 3. The van der Waals surface area contributed by atoms with Crippen LogP contribution in [0.5, 0.6) is 0 Å². The first-order valence-corrected chi connectivity index (χ1v) is 13.5. The molecule has 186 valence electrons. The summed E-state index contributed by atoms with van der Waals surface area (Å²) in [6.45, 7) is 3.94. The van der Waals surface area contributed by atoms with E-state index in [9.17, 15) is 18.0 Å². The number of rotatable bonds is 8. The minimum atomic E-state index is -3.63. The van der Waals surface area contributed by atoms with E-state index < -0.39 is 15.3 Å². The van der Waals surface area contributed by atoms with Crippen molar-refractivity contribution in [3.05, 3.63) is 79.4 Å². The average Bonchev–Trinajstić information content (AvgIpc) is 3.13. The number of benzene rings is 3. The number of sulfonamides is 1. The molecule has 0 unspecified atom stereocenters. The molecular weight excluding hydrogens is 496 g/mol. The molecule has 3 aromatic rings. The van der Waals surface area contributed by atoms with Crippen molar-refractivity contribution < 1.29 is 18.0 Å². The van der Waals surface area contributed by atoms with Gasteiger partial charge in [-0.2, -0.15) is 0 Å².